The van der Waals surface area contributed by atoms with Crippen molar-refractivity contribution in [2.75, 3.05) is 7.05 Å². The van der Waals surface area contributed by atoms with Crippen LogP contribution < -0.4 is 10.1 Å². The van der Waals surface area contributed by atoms with Crippen LogP contribution in [-0.2, 0) is 4.79 Å². The molecule has 0 aliphatic carbocycles. The summed E-state index contributed by atoms with van der Waals surface area (Å²) >= 11 is 0. The van der Waals surface area contributed by atoms with E-state index < -0.39 is 0 Å². The maximum atomic E-state index is 12.4. The van der Waals surface area contributed by atoms with E-state index in [0.717, 1.165) is 5.57 Å². The van der Waals surface area contributed by atoms with Gasteiger partial charge in [-0.3, -0.25) is 14.7 Å². The fraction of sp³-hybridized carbons (Fsp3) is 0.167. The van der Waals surface area contributed by atoms with Crippen LogP contribution in [0.3, 0.4) is 0 Å². The van der Waals surface area contributed by atoms with Crippen LogP contribution in [0.1, 0.15) is 0 Å². The second-order valence-corrected chi connectivity index (χ2v) is 5.67. The van der Waals surface area contributed by atoms with Crippen LogP contribution in [0, 0.1) is 5.92 Å². The Hall–Kier alpha value is -3.15. The molecule has 0 spiro atoms. The number of dihydropyridines is 1. The minimum Gasteiger partial charge on any atom is -0.425 e. The number of nitrogens with one attached hydrogen (secondary N) is 1. The van der Waals surface area contributed by atoms with Gasteiger partial charge in [-0.05, 0) is 29.9 Å². The molecule has 0 radical (unpaired) electrons. The molecule has 1 aromatic carbocycles. The average molecular weight is 320 g/mol. The molecule has 120 valence electrons. The van der Waals surface area contributed by atoms with Crippen LogP contribution in [0.15, 0.2) is 76.0 Å². The normalized spacial score (nSPS) is 26.3. The number of benzene rings is 1. The lowest BCUT2D eigenvalue weighted by molar-refractivity contribution is -0.122. The second-order valence-electron chi connectivity index (χ2n) is 5.67. The van der Waals surface area contributed by atoms with Crippen LogP contribution in [0.5, 0.6) is 5.75 Å². The third-order valence-electron chi connectivity index (χ3n) is 4.08. The van der Waals surface area contributed by atoms with Crippen molar-refractivity contribution in [3.8, 4) is 5.75 Å². The molecule has 0 fully saturated rings. The predicted molar refractivity (Wildman–Crippen MR) is 91.5 cm³/mol. The fourth-order valence-electron chi connectivity index (χ4n) is 2.79. The topological polar surface area (TPSA) is 66.3 Å². The van der Waals surface area contributed by atoms with Crippen molar-refractivity contribution in [2.45, 2.75) is 6.17 Å². The highest BCUT2D eigenvalue weighted by molar-refractivity contribution is 6.10. The lowest BCUT2D eigenvalue weighted by Crippen LogP contribution is -2.31. The Morgan fingerprint density at radius 1 is 1.29 bits per heavy atom. The molecular formula is C18H16N4O2. The highest BCUT2D eigenvalue weighted by atomic mass is 16.5. The summed E-state index contributed by atoms with van der Waals surface area (Å²) in [5, 5.41) is 3.20. The van der Waals surface area contributed by atoms with Crippen molar-refractivity contribution in [3.05, 3.63) is 66.0 Å². The van der Waals surface area contributed by atoms with Crippen molar-refractivity contribution in [3.63, 3.8) is 0 Å². The molecule has 4 rings (SSSR count). The lowest BCUT2D eigenvalue weighted by atomic mass is 9.97. The van der Waals surface area contributed by atoms with Crippen LogP contribution in [0.25, 0.3) is 0 Å². The molecule has 1 aromatic rings. The Kier molecular flexibility index (Phi) is 3.49. The summed E-state index contributed by atoms with van der Waals surface area (Å²) in [5.41, 5.74) is 1.34. The van der Waals surface area contributed by atoms with E-state index >= 15 is 0 Å². The Morgan fingerprint density at radius 2 is 2.12 bits per heavy atom. The van der Waals surface area contributed by atoms with Gasteiger partial charge >= 0.3 is 6.02 Å². The van der Waals surface area contributed by atoms with E-state index in [9.17, 15) is 4.79 Å². The van der Waals surface area contributed by atoms with E-state index in [2.05, 4.69) is 21.4 Å². The molecule has 2 unspecified atom stereocenters. The molecule has 2 atom stereocenters. The highest BCUT2D eigenvalue weighted by Gasteiger charge is 2.32. The third kappa shape index (κ3) is 2.52. The number of amidine groups is 1. The zero-order chi connectivity index (χ0) is 16.5. The molecule has 0 bridgehead atoms. The molecule has 6 heteroatoms. The molecule has 24 heavy (non-hydrogen) atoms. The molecule has 0 saturated heterocycles. The van der Waals surface area contributed by atoms with Gasteiger partial charge in [0.05, 0.1) is 0 Å². The molecule has 3 aliphatic heterocycles. The highest BCUT2D eigenvalue weighted by Crippen LogP contribution is 2.28. The van der Waals surface area contributed by atoms with Crippen molar-refractivity contribution in [1.82, 2.24) is 10.2 Å². The number of aliphatic imine (C=N–C) groups is 2. The van der Waals surface area contributed by atoms with Crippen molar-refractivity contribution in [2.24, 2.45) is 15.9 Å². The van der Waals surface area contributed by atoms with Gasteiger partial charge in [0.15, 0.2) is 0 Å². The first kappa shape index (κ1) is 14.4. The summed E-state index contributed by atoms with van der Waals surface area (Å²) in [6.07, 6.45) is 9.43. The Morgan fingerprint density at radius 3 is 2.96 bits per heavy atom. The number of carbonyl (C=O) groups is 1. The Bertz CT molecular complexity index is 821. The zero-order valence-electron chi connectivity index (χ0n) is 13.1. The standard InChI is InChI=1S/C18H16N4O2/c1-22-17(23)15(21-18(22)24-13-6-3-2-4-7-13)10-12-11-20-16-14(12)8-5-9-19-16/h2-11,14,16,20H,1H3/b15-10-. The predicted octanol–water partition coefficient (Wildman–Crippen LogP) is 1.85. The maximum absolute atomic E-state index is 12.4. The van der Waals surface area contributed by atoms with Gasteiger partial charge < -0.3 is 10.1 Å². The second kappa shape index (κ2) is 5.81. The van der Waals surface area contributed by atoms with Gasteiger partial charge in [0, 0.05) is 25.4 Å². The van der Waals surface area contributed by atoms with Gasteiger partial charge in [-0.2, -0.15) is 4.99 Å². The van der Waals surface area contributed by atoms with E-state index in [1.165, 1.54) is 4.90 Å². The van der Waals surface area contributed by atoms with Crippen LogP contribution in [0.2, 0.25) is 0 Å². The van der Waals surface area contributed by atoms with Gasteiger partial charge in [-0.25, -0.2) is 0 Å². The summed E-state index contributed by atoms with van der Waals surface area (Å²) in [7, 11) is 1.65. The van der Waals surface area contributed by atoms with E-state index in [1.54, 1.807) is 19.3 Å². The quantitative estimate of drug-likeness (QED) is 0.846. The average Bonchev–Trinajstić information content (AvgIpc) is 3.13. The largest absolute Gasteiger partial charge is 0.425 e. The number of rotatable bonds is 2. The fourth-order valence-corrected chi connectivity index (χ4v) is 2.79. The number of carbonyl (C=O) groups excluding carboxylic acids is 1. The number of likely N-dealkylation sites (N-methyl/N-ethyl adjacent to an activating group) is 1. The number of ether oxygens (including phenoxy) is 1. The van der Waals surface area contributed by atoms with Crippen LogP contribution in [0.4, 0.5) is 0 Å². The summed E-state index contributed by atoms with van der Waals surface area (Å²) < 4.78 is 5.70. The number of nitrogens with zero attached hydrogens (tertiary/aromatic N) is 3. The zero-order valence-corrected chi connectivity index (χ0v) is 13.1. The monoisotopic (exact) mass is 320 g/mol. The number of hydrogen-bond donors (Lipinski definition) is 1. The van der Waals surface area contributed by atoms with Gasteiger partial charge in [0.1, 0.15) is 17.6 Å². The van der Waals surface area contributed by atoms with Gasteiger partial charge in [-0.15, -0.1) is 0 Å². The number of amides is 1. The maximum Gasteiger partial charge on any atom is 0.305 e. The Labute approximate surface area is 139 Å². The minimum absolute atomic E-state index is 0.0000958. The molecule has 0 saturated carbocycles. The summed E-state index contributed by atoms with van der Waals surface area (Å²) in [4.78, 5) is 22.5. The molecule has 3 aliphatic rings. The smallest absolute Gasteiger partial charge is 0.305 e. The molecule has 6 nitrogen and oxygen atoms in total. The summed E-state index contributed by atoms with van der Waals surface area (Å²) in [5.74, 6) is 0.576. The molecule has 1 amide bonds. The van der Waals surface area contributed by atoms with E-state index in [1.807, 2.05) is 42.6 Å². The first-order valence-electron chi connectivity index (χ1n) is 7.70. The summed E-state index contributed by atoms with van der Waals surface area (Å²) in [6, 6.07) is 9.56. The van der Waals surface area contributed by atoms with E-state index in [0.29, 0.717) is 11.4 Å². The molecule has 1 N–H and O–H groups in total. The number of fused-ring (bicyclic) bond motifs is 1. The minimum atomic E-state index is -0.187. The molecule has 0 aromatic heterocycles. The molecule has 3 heterocycles. The van der Waals surface area contributed by atoms with Crippen molar-refractivity contribution < 1.29 is 9.53 Å². The SMILES string of the molecule is CN1C(=O)/C(=C/C2=CNC3N=CC=CC23)N=C1Oc1ccccc1. The molecular weight excluding hydrogens is 304 g/mol. The van der Waals surface area contributed by atoms with Crippen LogP contribution >= 0.6 is 0 Å². The van der Waals surface area contributed by atoms with Crippen molar-refractivity contribution >= 4 is 18.1 Å². The third-order valence-corrected chi connectivity index (χ3v) is 4.08. The number of hydrogen-bond acceptors (Lipinski definition) is 5. The number of allylic oxidation sites excluding steroid dienone is 2. The van der Waals surface area contributed by atoms with Gasteiger partial charge in [0.2, 0.25) is 0 Å². The van der Waals surface area contributed by atoms with Gasteiger partial charge in [-0.1, -0.05) is 24.3 Å². The van der Waals surface area contributed by atoms with E-state index in [4.69, 9.17) is 4.74 Å². The van der Waals surface area contributed by atoms with E-state index in [-0.39, 0.29) is 24.0 Å². The first-order chi connectivity index (χ1) is 11.7. The van der Waals surface area contributed by atoms with Crippen molar-refractivity contribution in [1.29, 1.82) is 0 Å². The number of para-hydroxylation sites is 1. The summed E-state index contributed by atoms with van der Waals surface area (Å²) in [6.45, 7) is 0. The van der Waals surface area contributed by atoms with Crippen LogP contribution in [-0.4, -0.2) is 36.3 Å². The van der Waals surface area contributed by atoms with Gasteiger partial charge in [0.25, 0.3) is 5.91 Å². The Balaban J connectivity index is 1.58. The lowest BCUT2D eigenvalue weighted by Gasteiger charge is -2.16. The first-order valence-corrected chi connectivity index (χ1v) is 7.70.